The molecule has 1 saturated heterocycles. The van der Waals surface area contributed by atoms with E-state index < -0.39 is 9.84 Å². The van der Waals surface area contributed by atoms with Gasteiger partial charge in [0.15, 0.2) is 15.7 Å². The van der Waals surface area contributed by atoms with Gasteiger partial charge in [0, 0.05) is 12.3 Å². The third-order valence-corrected chi connectivity index (χ3v) is 5.50. The number of nitrogens with zero attached hydrogens (tertiary/aromatic N) is 2. The predicted octanol–water partition coefficient (Wildman–Crippen LogP) is 1.77. The highest BCUT2D eigenvalue weighted by Crippen LogP contribution is 2.37. The lowest BCUT2D eigenvalue weighted by Gasteiger charge is -2.24. The van der Waals surface area contributed by atoms with Crippen molar-refractivity contribution in [3.05, 3.63) is 24.5 Å². The van der Waals surface area contributed by atoms with Crippen LogP contribution in [0.4, 0.5) is 11.5 Å². The molecule has 1 aliphatic rings. The molecule has 2 heterocycles. The van der Waals surface area contributed by atoms with Crippen LogP contribution in [0.2, 0.25) is 0 Å². The fraction of sp³-hybridized carbons (Fsp3) is 0.444. The van der Waals surface area contributed by atoms with Crippen LogP contribution in [0.1, 0.15) is 12.8 Å². The van der Waals surface area contributed by atoms with Gasteiger partial charge in [0.1, 0.15) is 18.2 Å². The van der Waals surface area contributed by atoms with E-state index in [1.807, 2.05) is 0 Å². The molecule has 152 valence electrons. The molecule has 2 aromatic rings. The van der Waals surface area contributed by atoms with Crippen LogP contribution in [0.5, 0.6) is 17.4 Å². The molecule has 0 saturated carbocycles. The lowest BCUT2D eigenvalue weighted by molar-refractivity contribution is 0.149. The highest BCUT2D eigenvalue weighted by atomic mass is 32.2. The van der Waals surface area contributed by atoms with E-state index in [2.05, 4.69) is 20.6 Å². The first-order chi connectivity index (χ1) is 13.4. The van der Waals surface area contributed by atoms with E-state index in [1.54, 1.807) is 6.07 Å². The number of methoxy groups -OCH3 is 2. The monoisotopic (exact) mass is 408 g/mol. The number of nitrogens with one attached hydrogen (secondary N) is 2. The maximum absolute atomic E-state index is 11.8. The fourth-order valence-corrected chi connectivity index (χ4v) is 3.56. The molecule has 10 heteroatoms. The number of benzene rings is 1. The van der Waals surface area contributed by atoms with Crippen LogP contribution in [0, 0.1) is 0 Å². The molecule has 1 aromatic heterocycles. The van der Waals surface area contributed by atoms with Crippen molar-refractivity contribution in [2.75, 3.05) is 38.9 Å². The average Bonchev–Trinajstić information content (AvgIpc) is 2.68. The second kappa shape index (κ2) is 8.61. The van der Waals surface area contributed by atoms with E-state index in [9.17, 15) is 8.42 Å². The Morgan fingerprint density at radius 2 is 1.89 bits per heavy atom. The zero-order valence-electron chi connectivity index (χ0n) is 16.1. The van der Waals surface area contributed by atoms with Crippen LogP contribution < -0.4 is 24.8 Å². The molecule has 9 nitrogen and oxygen atoms in total. The quantitative estimate of drug-likeness (QED) is 0.708. The zero-order valence-corrected chi connectivity index (χ0v) is 16.9. The van der Waals surface area contributed by atoms with Crippen molar-refractivity contribution >= 4 is 21.3 Å². The molecular weight excluding hydrogens is 384 g/mol. The summed E-state index contributed by atoms with van der Waals surface area (Å²) >= 11 is 0. The molecule has 0 bridgehead atoms. The summed E-state index contributed by atoms with van der Waals surface area (Å²) in [5, 5.41) is 6.40. The summed E-state index contributed by atoms with van der Waals surface area (Å²) < 4.78 is 40.4. The van der Waals surface area contributed by atoms with Gasteiger partial charge in [-0.25, -0.2) is 13.4 Å². The van der Waals surface area contributed by atoms with Gasteiger partial charge in [0.2, 0.25) is 5.75 Å². The van der Waals surface area contributed by atoms with Crippen molar-refractivity contribution in [2.45, 2.75) is 23.8 Å². The first-order valence-electron chi connectivity index (χ1n) is 8.84. The largest absolute Gasteiger partial charge is 0.495 e. The average molecular weight is 408 g/mol. The van der Waals surface area contributed by atoms with Gasteiger partial charge in [-0.1, -0.05) is 0 Å². The minimum Gasteiger partial charge on any atom is -0.495 e. The van der Waals surface area contributed by atoms with Gasteiger partial charge >= 0.3 is 0 Å². The van der Waals surface area contributed by atoms with Crippen LogP contribution in [-0.4, -0.2) is 58.1 Å². The summed E-state index contributed by atoms with van der Waals surface area (Å²) in [6.07, 6.45) is 4.36. The number of hydrogen-bond acceptors (Lipinski definition) is 9. The van der Waals surface area contributed by atoms with Crippen molar-refractivity contribution in [1.29, 1.82) is 0 Å². The predicted molar refractivity (Wildman–Crippen MR) is 104 cm³/mol. The van der Waals surface area contributed by atoms with Gasteiger partial charge in [0.25, 0.3) is 5.88 Å². The lowest BCUT2D eigenvalue weighted by atomic mass is 10.1. The van der Waals surface area contributed by atoms with Crippen molar-refractivity contribution in [3.8, 4) is 17.4 Å². The van der Waals surface area contributed by atoms with Crippen LogP contribution in [0.3, 0.4) is 0 Å². The third-order valence-electron chi connectivity index (χ3n) is 4.39. The molecule has 1 aromatic carbocycles. The molecule has 1 aliphatic heterocycles. The molecular formula is C18H24N4O5S. The topological polar surface area (TPSA) is 112 Å². The van der Waals surface area contributed by atoms with Crippen molar-refractivity contribution in [2.24, 2.45) is 0 Å². The second-order valence-corrected chi connectivity index (χ2v) is 8.40. The van der Waals surface area contributed by atoms with Crippen LogP contribution >= 0.6 is 0 Å². The Morgan fingerprint density at radius 1 is 1.14 bits per heavy atom. The Hall–Kier alpha value is -2.59. The molecule has 3 rings (SSSR count). The molecule has 0 aliphatic carbocycles. The minimum atomic E-state index is -3.34. The van der Waals surface area contributed by atoms with Gasteiger partial charge in [-0.15, -0.1) is 0 Å². The SMILES string of the molecule is COc1cc(S(C)(=O)=O)ccc1Nc1ncnc(OC2CCNCC2)c1OC. The number of aromatic nitrogens is 2. The minimum absolute atomic E-state index is 0.0569. The molecule has 0 atom stereocenters. The number of hydrogen-bond donors (Lipinski definition) is 2. The van der Waals surface area contributed by atoms with Crippen molar-refractivity contribution in [3.63, 3.8) is 0 Å². The third kappa shape index (κ3) is 4.63. The molecule has 0 unspecified atom stereocenters. The highest BCUT2D eigenvalue weighted by Gasteiger charge is 2.21. The normalized spacial score (nSPS) is 15.1. The summed E-state index contributed by atoms with van der Waals surface area (Å²) in [5.41, 5.74) is 0.541. The van der Waals surface area contributed by atoms with E-state index in [1.165, 1.54) is 32.7 Å². The van der Waals surface area contributed by atoms with Crippen LogP contribution in [0.25, 0.3) is 0 Å². The fourth-order valence-electron chi connectivity index (χ4n) is 2.92. The van der Waals surface area contributed by atoms with Crippen molar-refractivity contribution < 1.29 is 22.6 Å². The maximum atomic E-state index is 11.8. The Kier molecular flexibility index (Phi) is 6.20. The molecule has 0 amide bonds. The van der Waals surface area contributed by atoms with Gasteiger partial charge in [-0.05, 0) is 38.1 Å². The Morgan fingerprint density at radius 3 is 2.54 bits per heavy atom. The Bertz CT molecular complexity index is 930. The van der Waals surface area contributed by atoms with Gasteiger partial charge in [-0.3, -0.25) is 0 Å². The highest BCUT2D eigenvalue weighted by molar-refractivity contribution is 7.90. The number of ether oxygens (including phenoxy) is 3. The first kappa shape index (κ1) is 20.2. The van der Waals surface area contributed by atoms with Crippen LogP contribution in [0.15, 0.2) is 29.4 Å². The van der Waals surface area contributed by atoms with E-state index in [4.69, 9.17) is 14.2 Å². The van der Waals surface area contributed by atoms with Gasteiger partial charge in [0.05, 0.1) is 24.8 Å². The first-order valence-corrected chi connectivity index (χ1v) is 10.7. The number of anilines is 2. The standard InChI is InChI=1S/C18H24N4O5S/c1-25-15-10-13(28(3,23)24)4-5-14(15)22-17-16(26-2)18(21-11-20-17)27-12-6-8-19-9-7-12/h4-5,10-12,19H,6-9H2,1-3H3,(H,20,21,22). The van der Waals surface area contributed by atoms with E-state index in [0.717, 1.165) is 32.2 Å². The molecule has 28 heavy (non-hydrogen) atoms. The zero-order chi connectivity index (χ0) is 20.1. The molecule has 0 radical (unpaired) electrons. The summed E-state index contributed by atoms with van der Waals surface area (Å²) in [4.78, 5) is 8.60. The molecule has 0 spiro atoms. The van der Waals surface area contributed by atoms with E-state index >= 15 is 0 Å². The Labute approximate surface area is 164 Å². The summed E-state index contributed by atoms with van der Waals surface area (Å²) in [6, 6.07) is 4.57. The lowest BCUT2D eigenvalue weighted by Crippen LogP contribution is -2.34. The summed E-state index contributed by atoms with van der Waals surface area (Å²) in [7, 11) is -0.359. The molecule has 2 N–H and O–H groups in total. The van der Waals surface area contributed by atoms with Gasteiger partial charge < -0.3 is 24.8 Å². The maximum Gasteiger partial charge on any atom is 0.262 e. The number of rotatable bonds is 7. The molecule has 1 fully saturated rings. The Balaban J connectivity index is 1.88. The van der Waals surface area contributed by atoms with E-state index in [0.29, 0.717) is 28.9 Å². The van der Waals surface area contributed by atoms with E-state index in [-0.39, 0.29) is 11.0 Å². The smallest absolute Gasteiger partial charge is 0.262 e. The van der Waals surface area contributed by atoms with Crippen molar-refractivity contribution in [1.82, 2.24) is 15.3 Å². The number of piperidine rings is 1. The van der Waals surface area contributed by atoms with Crippen LogP contribution in [-0.2, 0) is 9.84 Å². The second-order valence-electron chi connectivity index (χ2n) is 6.39. The number of sulfone groups is 1. The summed E-state index contributed by atoms with van der Waals surface area (Å²) in [5.74, 6) is 1.49. The van der Waals surface area contributed by atoms with Gasteiger partial charge in [-0.2, -0.15) is 4.98 Å². The summed E-state index contributed by atoms with van der Waals surface area (Å²) in [6.45, 7) is 1.79.